The van der Waals surface area contributed by atoms with Crippen LogP contribution in [-0.2, 0) is 6.54 Å². The monoisotopic (exact) mass is 341 g/mol. The highest BCUT2D eigenvalue weighted by Gasteiger charge is 2.23. The highest BCUT2D eigenvalue weighted by atomic mass is 32.1. The first-order valence-corrected chi connectivity index (χ1v) is 8.06. The summed E-state index contributed by atoms with van der Waals surface area (Å²) < 4.78 is 0. The van der Waals surface area contributed by atoms with Crippen LogP contribution in [0.2, 0.25) is 0 Å². The SMILES string of the molecule is CN(Cc1ccccc1)C(=O)c1[nH]cnc1C(=O)Nc1nccs1. The first kappa shape index (κ1) is 15.9. The van der Waals surface area contributed by atoms with E-state index in [1.807, 2.05) is 30.3 Å². The van der Waals surface area contributed by atoms with Gasteiger partial charge in [0.1, 0.15) is 5.69 Å². The van der Waals surface area contributed by atoms with E-state index in [9.17, 15) is 9.59 Å². The summed E-state index contributed by atoms with van der Waals surface area (Å²) in [4.78, 5) is 37.1. The standard InChI is InChI=1S/C16H15N5O2S/c1-21(9-11-5-3-2-4-6-11)15(23)13-12(18-10-19-13)14(22)20-16-17-7-8-24-16/h2-8,10H,9H2,1H3,(H,18,19)(H,17,20,22). The third kappa shape index (κ3) is 3.49. The second-order valence-electron chi connectivity index (χ2n) is 5.06. The van der Waals surface area contributed by atoms with Crippen molar-refractivity contribution in [1.29, 1.82) is 0 Å². The molecule has 2 N–H and O–H groups in total. The Morgan fingerprint density at radius 1 is 1.25 bits per heavy atom. The Morgan fingerprint density at radius 3 is 2.75 bits per heavy atom. The van der Waals surface area contributed by atoms with Gasteiger partial charge in [-0.3, -0.25) is 14.9 Å². The second-order valence-corrected chi connectivity index (χ2v) is 5.96. The molecule has 0 saturated heterocycles. The molecule has 122 valence electrons. The van der Waals surface area contributed by atoms with Gasteiger partial charge in [-0.2, -0.15) is 0 Å². The number of carbonyl (C=O) groups excluding carboxylic acids is 2. The predicted molar refractivity (Wildman–Crippen MR) is 90.9 cm³/mol. The molecule has 0 aliphatic carbocycles. The quantitative estimate of drug-likeness (QED) is 0.745. The number of benzene rings is 1. The fraction of sp³-hybridized carbons (Fsp3) is 0.125. The maximum absolute atomic E-state index is 12.6. The number of hydrogen-bond acceptors (Lipinski definition) is 5. The summed E-state index contributed by atoms with van der Waals surface area (Å²) in [5.41, 5.74) is 1.21. The minimum atomic E-state index is -0.470. The predicted octanol–water partition coefficient (Wildman–Crippen LogP) is 2.39. The Kier molecular flexibility index (Phi) is 4.66. The molecule has 24 heavy (non-hydrogen) atoms. The summed E-state index contributed by atoms with van der Waals surface area (Å²) in [6, 6.07) is 9.62. The highest BCUT2D eigenvalue weighted by Crippen LogP contribution is 2.14. The number of carbonyl (C=O) groups is 2. The van der Waals surface area contributed by atoms with Crippen LogP contribution in [-0.4, -0.2) is 38.7 Å². The van der Waals surface area contributed by atoms with Gasteiger partial charge in [-0.05, 0) is 5.56 Å². The van der Waals surface area contributed by atoms with Crippen molar-refractivity contribution in [3.8, 4) is 0 Å². The lowest BCUT2D eigenvalue weighted by Gasteiger charge is -2.16. The normalized spacial score (nSPS) is 10.4. The number of imidazole rings is 1. The van der Waals surface area contributed by atoms with Crippen LogP contribution in [0, 0.1) is 0 Å². The summed E-state index contributed by atoms with van der Waals surface area (Å²) >= 11 is 1.29. The molecule has 0 atom stereocenters. The van der Waals surface area contributed by atoms with Crippen molar-refractivity contribution in [2.75, 3.05) is 12.4 Å². The van der Waals surface area contributed by atoms with Gasteiger partial charge in [0.05, 0.1) is 6.33 Å². The van der Waals surface area contributed by atoms with Crippen LogP contribution in [0.5, 0.6) is 0 Å². The van der Waals surface area contributed by atoms with E-state index in [1.54, 1.807) is 18.6 Å². The Labute approximate surface area is 142 Å². The van der Waals surface area contributed by atoms with Crippen molar-refractivity contribution < 1.29 is 9.59 Å². The molecule has 0 aliphatic rings. The molecular weight excluding hydrogens is 326 g/mol. The molecule has 0 spiro atoms. The van der Waals surface area contributed by atoms with Gasteiger partial charge in [0.2, 0.25) is 0 Å². The van der Waals surface area contributed by atoms with Gasteiger partial charge < -0.3 is 9.88 Å². The summed E-state index contributed by atoms with van der Waals surface area (Å²) in [5.74, 6) is -0.775. The Morgan fingerprint density at radius 2 is 2.04 bits per heavy atom. The lowest BCUT2D eigenvalue weighted by atomic mass is 10.2. The van der Waals surface area contributed by atoms with Gasteiger partial charge in [-0.15, -0.1) is 11.3 Å². The van der Waals surface area contributed by atoms with Crippen LogP contribution < -0.4 is 5.32 Å². The fourth-order valence-corrected chi connectivity index (χ4v) is 2.71. The molecular formula is C16H15N5O2S. The molecule has 0 aliphatic heterocycles. The lowest BCUT2D eigenvalue weighted by Crippen LogP contribution is -2.29. The molecule has 2 amide bonds. The maximum atomic E-state index is 12.6. The molecule has 2 heterocycles. The average molecular weight is 341 g/mol. The minimum Gasteiger partial charge on any atom is -0.340 e. The largest absolute Gasteiger partial charge is 0.340 e. The molecule has 0 fully saturated rings. The van der Waals surface area contributed by atoms with Gasteiger partial charge in [0, 0.05) is 25.2 Å². The van der Waals surface area contributed by atoms with Crippen molar-refractivity contribution in [3.63, 3.8) is 0 Å². The zero-order valence-electron chi connectivity index (χ0n) is 12.9. The number of H-pyrrole nitrogens is 1. The van der Waals surface area contributed by atoms with Crippen LogP contribution in [0.4, 0.5) is 5.13 Å². The van der Waals surface area contributed by atoms with Crippen LogP contribution in [0.3, 0.4) is 0 Å². The zero-order valence-corrected chi connectivity index (χ0v) is 13.7. The molecule has 0 radical (unpaired) electrons. The lowest BCUT2D eigenvalue weighted by molar-refractivity contribution is 0.0774. The van der Waals surface area contributed by atoms with Crippen LogP contribution >= 0.6 is 11.3 Å². The van der Waals surface area contributed by atoms with E-state index in [2.05, 4.69) is 20.3 Å². The summed E-state index contributed by atoms with van der Waals surface area (Å²) in [5, 5.41) is 4.83. The van der Waals surface area contributed by atoms with Crippen molar-refractivity contribution in [2.45, 2.75) is 6.54 Å². The van der Waals surface area contributed by atoms with E-state index in [1.165, 1.54) is 22.6 Å². The van der Waals surface area contributed by atoms with Crippen molar-refractivity contribution in [2.24, 2.45) is 0 Å². The highest BCUT2D eigenvalue weighted by molar-refractivity contribution is 7.13. The molecule has 0 bridgehead atoms. The second kappa shape index (κ2) is 7.05. The number of anilines is 1. The van der Waals surface area contributed by atoms with Crippen LogP contribution in [0.15, 0.2) is 48.2 Å². The first-order chi connectivity index (χ1) is 11.6. The molecule has 2 aromatic heterocycles. The Balaban J connectivity index is 1.74. The maximum Gasteiger partial charge on any atom is 0.278 e. The third-order valence-electron chi connectivity index (χ3n) is 3.33. The number of aromatic nitrogens is 3. The van der Waals surface area contributed by atoms with E-state index >= 15 is 0 Å². The number of rotatable bonds is 5. The number of nitrogens with zero attached hydrogens (tertiary/aromatic N) is 3. The third-order valence-corrected chi connectivity index (χ3v) is 4.02. The zero-order chi connectivity index (χ0) is 16.9. The Bertz CT molecular complexity index is 829. The van der Waals surface area contributed by atoms with Gasteiger partial charge in [0.15, 0.2) is 10.8 Å². The van der Waals surface area contributed by atoms with E-state index in [0.29, 0.717) is 11.7 Å². The average Bonchev–Trinajstić information content (AvgIpc) is 3.26. The van der Waals surface area contributed by atoms with E-state index < -0.39 is 5.91 Å². The molecule has 0 saturated carbocycles. The molecule has 3 aromatic rings. The number of thiazole rings is 1. The van der Waals surface area contributed by atoms with Crippen molar-refractivity contribution in [1.82, 2.24) is 19.9 Å². The Hall–Kier alpha value is -3.00. The topological polar surface area (TPSA) is 91.0 Å². The van der Waals surface area contributed by atoms with Gasteiger partial charge >= 0.3 is 0 Å². The number of nitrogens with one attached hydrogen (secondary N) is 2. The van der Waals surface area contributed by atoms with Crippen LogP contribution in [0.25, 0.3) is 0 Å². The number of aromatic amines is 1. The summed E-state index contributed by atoms with van der Waals surface area (Å²) in [6.45, 7) is 0.437. The summed E-state index contributed by atoms with van der Waals surface area (Å²) in [6.07, 6.45) is 2.92. The van der Waals surface area contributed by atoms with Gasteiger partial charge in [0.25, 0.3) is 11.8 Å². The van der Waals surface area contributed by atoms with Crippen molar-refractivity contribution in [3.05, 3.63) is 65.2 Å². The number of hydrogen-bond donors (Lipinski definition) is 2. The number of amides is 2. The fourth-order valence-electron chi connectivity index (χ4n) is 2.19. The van der Waals surface area contributed by atoms with Gasteiger partial charge in [-0.25, -0.2) is 9.97 Å². The van der Waals surface area contributed by atoms with Crippen LogP contribution in [0.1, 0.15) is 26.5 Å². The smallest absolute Gasteiger partial charge is 0.278 e. The first-order valence-electron chi connectivity index (χ1n) is 7.18. The molecule has 1 aromatic carbocycles. The van der Waals surface area contributed by atoms with E-state index in [4.69, 9.17) is 0 Å². The molecule has 0 unspecified atom stereocenters. The molecule has 7 nitrogen and oxygen atoms in total. The molecule has 3 rings (SSSR count). The minimum absolute atomic E-state index is 0.0510. The molecule has 8 heteroatoms. The summed E-state index contributed by atoms with van der Waals surface area (Å²) in [7, 11) is 1.68. The van der Waals surface area contributed by atoms with E-state index in [-0.39, 0.29) is 17.3 Å². The van der Waals surface area contributed by atoms with Crippen molar-refractivity contribution >= 4 is 28.3 Å². The van der Waals surface area contributed by atoms with Gasteiger partial charge in [-0.1, -0.05) is 30.3 Å². The van der Waals surface area contributed by atoms with E-state index in [0.717, 1.165) is 5.56 Å².